The molecule has 5 rings (SSSR count). The van der Waals surface area contributed by atoms with Gasteiger partial charge in [0, 0.05) is 18.8 Å². The fourth-order valence-electron chi connectivity index (χ4n) is 3.83. The largest absolute Gasteiger partial charge is 0.418 e. The molecule has 4 aromatic rings. The van der Waals surface area contributed by atoms with Gasteiger partial charge >= 0.3 is 0 Å². The molecule has 3 heterocycles. The molecule has 1 fully saturated rings. The molecule has 2 aromatic heterocycles. The lowest BCUT2D eigenvalue weighted by atomic mass is 9.74. The lowest BCUT2D eigenvalue weighted by molar-refractivity contribution is 0.0546. The molecule has 0 bridgehead atoms. The van der Waals surface area contributed by atoms with Crippen molar-refractivity contribution in [2.75, 3.05) is 13.2 Å². The fraction of sp³-hybridized carbons (Fsp3) is 0.227. The van der Waals surface area contributed by atoms with Crippen LogP contribution in [-0.2, 0) is 10.2 Å². The number of halogens is 1. The third kappa shape index (κ3) is 3.23. The zero-order valence-electron chi connectivity index (χ0n) is 15.6. The van der Waals surface area contributed by atoms with E-state index < -0.39 is 5.41 Å². The number of H-pyrrole nitrogens is 1. The minimum Gasteiger partial charge on any atom is -0.418 e. The Balaban J connectivity index is 1.51. The Bertz CT molecular complexity index is 1100. The maximum absolute atomic E-state index is 13.5. The first-order valence-corrected chi connectivity index (χ1v) is 9.54. The topological polar surface area (TPSA) is 76.8 Å². The molecule has 6 nitrogen and oxygen atoms in total. The van der Waals surface area contributed by atoms with E-state index >= 15 is 0 Å². The first-order chi connectivity index (χ1) is 14.2. The molecule has 0 amide bonds. The molecule has 0 unspecified atom stereocenters. The number of aromatic amines is 1. The van der Waals surface area contributed by atoms with Gasteiger partial charge in [-0.2, -0.15) is 5.10 Å². The average molecular weight is 390 g/mol. The van der Waals surface area contributed by atoms with Crippen LogP contribution < -0.4 is 0 Å². The molecule has 0 atom stereocenters. The van der Waals surface area contributed by atoms with Crippen LogP contribution in [-0.4, -0.2) is 33.6 Å². The van der Waals surface area contributed by atoms with E-state index in [1.165, 1.54) is 12.1 Å². The standard InChI is InChI=1S/C22H19FN4O2/c23-17-8-6-16(7-9-17)22(10-12-28-13-11-22)21-27-26-20(29-21)19-14-18(24-25-19)15-4-2-1-3-5-15/h1-9,14H,10-13H2,(H,24,25). The van der Waals surface area contributed by atoms with Crippen LogP contribution in [0.3, 0.4) is 0 Å². The van der Waals surface area contributed by atoms with E-state index in [2.05, 4.69) is 20.4 Å². The highest BCUT2D eigenvalue weighted by atomic mass is 19.1. The Morgan fingerprint density at radius 1 is 0.931 bits per heavy atom. The maximum Gasteiger partial charge on any atom is 0.265 e. The van der Waals surface area contributed by atoms with Crippen molar-refractivity contribution >= 4 is 0 Å². The van der Waals surface area contributed by atoms with Crippen LogP contribution in [0.5, 0.6) is 0 Å². The molecule has 146 valence electrons. The Morgan fingerprint density at radius 2 is 1.69 bits per heavy atom. The predicted molar refractivity (Wildman–Crippen MR) is 105 cm³/mol. The van der Waals surface area contributed by atoms with Crippen molar-refractivity contribution in [3.63, 3.8) is 0 Å². The number of rotatable bonds is 4. The molecule has 0 spiro atoms. The SMILES string of the molecule is Fc1ccc(C2(c3nnc(-c4cc(-c5ccccc5)n[nH]4)o3)CCOCC2)cc1. The molecule has 29 heavy (non-hydrogen) atoms. The third-order valence-corrected chi connectivity index (χ3v) is 5.46. The Labute approximate surface area is 166 Å². The van der Waals surface area contributed by atoms with E-state index in [-0.39, 0.29) is 5.82 Å². The number of aromatic nitrogens is 4. The summed E-state index contributed by atoms with van der Waals surface area (Å²) >= 11 is 0. The van der Waals surface area contributed by atoms with Crippen molar-refractivity contribution in [2.45, 2.75) is 18.3 Å². The number of hydrogen-bond acceptors (Lipinski definition) is 5. The second-order valence-electron chi connectivity index (χ2n) is 7.15. The summed E-state index contributed by atoms with van der Waals surface area (Å²) in [4.78, 5) is 0. The molecular weight excluding hydrogens is 371 g/mol. The summed E-state index contributed by atoms with van der Waals surface area (Å²) < 4.78 is 25.1. The maximum atomic E-state index is 13.5. The molecule has 7 heteroatoms. The third-order valence-electron chi connectivity index (χ3n) is 5.46. The van der Waals surface area contributed by atoms with Gasteiger partial charge in [0.2, 0.25) is 5.89 Å². The summed E-state index contributed by atoms with van der Waals surface area (Å²) in [6.07, 6.45) is 1.39. The number of benzene rings is 2. The molecular formula is C22H19FN4O2. The van der Waals surface area contributed by atoms with Crippen molar-refractivity contribution in [1.82, 2.24) is 20.4 Å². The fourth-order valence-corrected chi connectivity index (χ4v) is 3.83. The van der Waals surface area contributed by atoms with Crippen molar-refractivity contribution in [1.29, 1.82) is 0 Å². The van der Waals surface area contributed by atoms with Crippen molar-refractivity contribution in [3.05, 3.63) is 77.9 Å². The summed E-state index contributed by atoms with van der Waals surface area (Å²) in [7, 11) is 0. The summed E-state index contributed by atoms with van der Waals surface area (Å²) in [5.41, 5.74) is 2.93. The van der Waals surface area contributed by atoms with E-state index in [4.69, 9.17) is 9.15 Å². The van der Waals surface area contributed by atoms with Gasteiger partial charge in [-0.15, -0.1) is 10.2 Å². The summed E-state index contributed by atoms with van der Waals surface area (Å²) in [5.74, 6) is 0.619. The van der Waals surface area contributed by atoms with Crippen molar-refractivity contribution in [2.24, 2.45) is 0 Å². The van der Waals surface area contributed by atoms with Gasteiger partial charge < -0.3 is 9.15 Å². The summed E-state index contributed by atoms with van der Waals surface area (Å²) in [6.45, 7) is 1.16. The van der Waals surface area contributed by atoms with E-state index in [1.54, 1.807) is 12.1 Å². The van der Waals surface area contributed by atoms with Gasteiger partial charge in [-0.1, -0.05) is 42.5 Å². The molecule has 1 N–H and O–H groups in total. The van der Waals surface area contributed by atoms with E-state index in [9.17, 15) is 4.39 Å². The monoisotopic (exact) mass is 390 g/mol. The van der Waals surface area contributed by atoms with Crippen LogP contribution in [0.4, 0.5) is 4.39 Å². The van der Waals surface area contributed by atoms with E-state index in [1.807, 2.05) is 36.4 Å². The van der Waals surface area contributed by atoms with Gasteiger partial charge in [0.1, 0.15) is 11.5 Å². The normalized spacial score (nSPS) is 16.0. The van der Waals surface area contributed by atoms with Crippen LogP contribution in [0.2, 0.25) is 0 Å². The average Bonchev–Trinajstić information content (AvgIpc) is 3.45. The Kier molecular flexibility index (Phi) is 4.44. The van der Waals surface area contributed by atoms with Gasteiger partial charge in [-0.3, -0.25) is 5.10 Å². The smallest absolute Gasteiger partial charge is 0.265 e. The van der Waals surface area contributed by atoms with Gasteiger partial charge in [0.05, 0.1) is 11.1 Å². The number of nitrogens with one attached hydrogen (secondary N) is 1. The van der Waals surface area contributed by atoms with Gasteiger partial charge in [0.15, 0.2) is 0 Å². The zero-order chi connectivity index (χ0) is 19.7. The van der Waals surface area contributed by atoms with Crippen LogP contribution in [0.15, 0.2) is 65.1 Å². The highest BCUT2D eigenvalue weighted by molar-refractivity contribution is 5.64. The zero-order valence-corrected chi connectivity index (χ0v) is 15.6. The van der Waals surface area contributed by atoms with E-state index in [0.29, 0.717) is 43.5 Å². The lowest BCUT2D eigenvalue weighted by Crippen LogP contribution is -2.35. The highest BCUT2D eigenvalue weighted by Gasteiger charge is 2.41. The molecule has 0 radical (unpaired) electrons. The van der Waals surface area contributed by atoms with Gasteiger partial charge in [-0.05, 0) is 36.6 Å². The molecule has 0 aliphatic carbocycles. The second-order valence-corrected chi connectivity index (χ2v) is 7.15. The van der Waals surface area contributed by atoms with Crippen LogP contribution in [0.1, 0.15) is 24.3 Å². The molecule has 2 aromatic carbocycles. The quantitative estimate of drug-likeness (QED) is 0.560. The predicted octanol–water partition coefficient (Wildman–Crippen LogP) is 4.36. The van der Waals surface area contributed by atoms with Crippen LogP contribution >= 0.6 is 0 Å². The molecule has 1 saturated heterocycles. The first-order valence-electron chi connectivity index (χ1n) is 9.54. The molecule has 0 saturated carbocycles. The molecule has 1 aliphatic rings. The van der Waals surface area contributed by atoms with Crippen LogP contribution in [0, 0.1) is 5.82 Å². The summed E-state index contributed by atoms with van der Waals surface area (Å²) in [5, 5.41) is 15.9. The first kappa shape index (κ1) is 17.8. The number of hydrogen-bond donors (Lipinski definition) is 1. The second kappa shape index (κ2) is 7.25. The van der Waals surface area contributed by atoms with Crippen molar-refractivity contribution < 1.29 is 13.5 Å². The molecule has 1 aliphatic heterocycles. The van der Waals surface area contributed by atoms with Gasteiger partial charge in [0.25, 0.3) is 5.89 Å². The van der Waals surface area contributed by atoms with E-state index in [0.717, 1.165) is 16.8 Å². The van der Waals surface area contributed by atoms with Crippen LogP contribution in [0.25, 0.3) is 22.8 Å². The van der Waals surface area contributed by atoms with Gasteiger partial charge in [-0.25, -0.2) is 4.39 Å². The Morgan fingerprint density at radius 3 is 2.45 bits per heavy atom. The Hall–Kier alpha value is -3.32. The lowest BCUT2D eigenvalue weighted by Gasteiger charge is -2.34. The number of nitrogens with zero attached hydrogens (tertiary/aromatic N) is 3. The summed E-state index contributed by atoms with van der Waals surface area (Å²) in [6, 6.07) is 18.3. The minimum atomic E-state index is -0.487. The minimum absolute atomic E-state index is 0.270. The van der Waals surface area contributed by atoms with Crippen molar-refractivity contribution in [3.8, 4) is 22.8 Å². The number of ether oxygens (including phenoxy) is 1. The highest BCUT2D eigenvalue weighted by Crippen LogP contribution is 2.41.